The third-order valence-electron chi connectivity index (χ3n) is 3.50. The number of hydrogen-bond donors (Lipinski definition) is 1. The maximum atomic E-state index is 12.1. The molecule has 19 heavy (non-hydrogen) atoms. The maximum absolute atomic E-state index is 12.1. The van der Waals surface area contributed by atoms with E-state index in [1.54, 1.807) is 24.1 Å². The van der Waals surface area contributed by atoms with Crippen LogP contribution in [0, 0.1) is 0 Å². The van der Waals surface area contributed by atoms with Gasteiger partial charge in [-0.15, -0.1) is 0 Å². The molecule has 1 N–H and O–H groups in total. The fourth-order valence-corrected chi connectivity index (χ4v) is 2.43. The van der Waals surface area contributed by atoms with Crippen molar-refractivity contribution in [2.45, 2.75) is 31.7 Å². The molecule has 1 fully saturated rings. The molecule has 1 aromatic rings. The number of amides is 2. The minimum atomic E-state index is -0.188. The molecule has 2 rings (SSSR count). The standard InChI is InChI=1S/C14H17ClN2O2/c1-17(10-6-8-11(18)9-7-10)14(19)16-13-5-3-2-4-12(13)15/h2-5,10H,6-9H2,1H3,(H,16,19). The van der Waals surface area contributed by atoms with Crippen molar-refractivity contribution in [2.24, 2.45) is 0 Å². The van der Waals surface area contributed by atoms with Gasteiger partial charge in [0.1, 0.15) is 5.78 Å². The third-order valence-corrected chi connectivity index (χ3v) is 3.83. The number of anilines is 1. The predicted octanol–water partition coefficient (Wildman–Crippen LogP) is 3.32. The van der Waals surface area contributed by atoms with Crippen molar-refractivity contribution in [2.75, 3.05) is 12.4 Å². The Morgan fingerprint density at radius 1 is 1.32 bits per heavy atom. The molecular formula is C14H17ClN2O2. The van der Waals surface area contributed by atoms with E-state index in [0.717, 1.165) is 12.8 Å². The van der Waals surface area contributed by atoms with Crippen LogP contribution in [0.1, 0.15) is 25.7 Å². The Balaban J connectivity index is 1.96. The first-order chi connectivity index (χ1) is 9.08. The van der Waals surface area contributed by atoms with E-state index in [-0.39, 0.29) is 17.9 Å². The number of halogens is 1. The second-order valence-corrected chi connectivity index (χ2v) is 5.20. The van der Waals surface area contributed by atoms with Gasteiger partial charge < -0.3 is 10.2 Å². The topological polar surface area (TPSA) is 49.4 Å². The molecule has 0 aliphatic heterocycles. The fourth-order valence-electron chi connectivity index (χ4n) is 2.24. The van der Waals surface area contributed by atoms with E-state index in [1.807, 2.05) is 12.1 Å². The number of carbonyl (C=O) groups is 2. The summed E-state index contributed by atoms with van der Waals surface area (Å²) in [5.41, 5.74) is 0.605. The molecule has 1 aromatic carbocycles. The predicted molar refractivity (Wildman–Crippen MR) is 75.5 cm³/mol. The number of nitrogens with one attached hydrogen (secondary N) is 1. The zero-order valence-corrected chi connectivity index (χ0v) is 11.6. The number of carbonyl (C=O) groups excluding carboxylic acids is 2. The molecule has 0 aromatic heterocycles. The zero-order valence-electron chi connectivity index (χ0n) is 10.9. The Hall–Kier alpha value is -1.55. The summed E-state index contributed by atoms with van der Waals surface area (Å²) >= 11 is 6.00. The second kappa shape index (κ2) is 6.06. The van der Waals surface area contributed by atoms with E-state index >= 15 is 0 Å². The van der Waals surface area contributed by atoms with Crippen LogP contribution < -0.4 is 5.32 Å². The highest BCUT2D eigenvalue weighted by Gasteiger charge is 2.25. The van der Waals surface area contributed by atoms with Crippen LogP contribution in [0.25, 0.3) is 0 Å². The lowest BCUT2D eigenvalue weighted by Gasteiger charge is -2.30. The van der Waals surface area contributed by atoms with Gasteiger partial charge in [-0.05, 0) is 25.0 Å². The number of ketones is 1. The van der Waals surface area contributed by atoms with Gasteiger partial charge in [0.2, 0.25) is 0 Å². The van der Waals surface area contributed by atoms with Gasteiger partial charge in [0.25, 0.3) is 0 Å². The Morgan fingerprint density at radius 3 is 2.58 bits per heavy atom. The van der Waals surface area contributed by atoms with Crippen LogP contribution in [0.2, 0.25) is 5.02 Å². The summed E-state index contributed by atoms with van der Waals surface area (Å²) in [5.74, 6) is 0.288. The number of nitrogens with zero attached hydrogens (tertiary/aromatic N) is 1. The summed E-state index contributed by atoms with van der Waals surface area (Å²) in [4.78, 5) is 25.0. The highest BCUT2D eigenvalue weighted by Crippen LogP contribution is 2.23. The molecule has 5 heteroatoms. The van der Waals surface area contributed by atoms with Gasteiger partial charge in [0, 0.05) is 25.9 Å². The molecule has 0 heterocycles. The van der Waals surface area contributed by atoms with Crippen LogP contribution >= 0.6 is 11.6 Å². The Morgan fingerprint density at radius 2 is 1.95 bits per heavy atom. The molecule has 0 bridgehead atoms. The number of Topliss-reactive ketones (excluding diaryl/α,β-unsaturated/α-hetero) is 1. The van der Waals surface area contributed by atoms with E-state index in [2.05, 4.69) is 5.32 Å². The molecule has 1 saturated carbocycles. The number of para-hydroxylation sites is 1. The third kappa shape index (κ3) is 3.47. The van der Waals surface area contributed by atoms with E-state index in [1.165, 1.54) is 0 Å². The molecule has 0 unspecified atom stereocenters. The van der Waals surface area contributed by atoms with Crippen LogP contribution in [0.3, 0.4) is 0 Å². The Labute approximate surface area is 117 Å². The molecule has 1 aliphatic rings. The smallest absolute Gasteiger partial charge is 0.321 e. The molecule has 1 aliphatic carbocycles. The van der Waals surface area contributed by atoms with Crippen LogP contribution in [0.5, 0.6) is 0 Å². The van der Waals surface area contributed by atoms with Crippen LogP contribution in [0.4, 0.5) is 10.5 Å². The lowest BCUT2D eigenvalue weighted by molar-refractivity contribution is -0.121. The van der Waals surface area contributed by atoms with Crippen molar-refractivity contribution in [3.8, 4) is 0 Å². The minimum Gasteiger partial charge on any atom is -0.325 e. The molecular weight excluding hydrogens is 264 g/mol. The lowest BCUT2D eigenvalue weighted by Crippen LogP contribution is -2.41. The van der Waals surface area contributed by atoms with E-state index < -0.39 is 0 Å². The largest absolute Gasteiger partial charge is 0.325 e. The summed E-state index contributed by atoms with van der Waals surface area (Å²) in [6, 6.07) is 7.07. The lowest BCUT2D eigenvalue weighted by atomic mass is 9.93. The fraction of sp³-hybridized carbons (Fsp3) is 0.429. The van der Waals surface area contributed by atoms with Crippen molar-refractivity contribution in [1.29, 1.82) is 0 Å². The van der Waals surface area contributed by atoms with Gasteiger partial charge in [-0.3, -0.25) is 4.79 Å². The summed E-state index contributed by atoms with van der Waals surface area (Å²) < 4.78 is 0. The van der Waals surface area contributed by atoms with Gasteiger partial charge in [0.15, 0.2) is 0 Å². The normalized spacial score (nSPS) is 16.2. The minimum absolute atomic E-state index is 0.125. The van der Waals surface area contributed by atoms with Crippen LogP contribution in [-0.4, -0.2) is 29.8 Å². The number of urea groups is 1. The molecule has 0 radical (unpaired) electrons. The maximum Gasteiger partial charge on any atom is 0.321 e. The Bertz CT molecular complexity index is 480. The molecule has 102 valence electrons. The summed E-state index contributed by atoms with van der Waals surface area (Å²) in [5, 5.41) is 3.31. The SMILES string of the molecule is CN(C(=O)Nc1ccccc1Cl)C1CCC(=O)CC1. The summed E-state index contributed by atoms with van der Waals surface area (Å²) in [6.07, 6.45) is 2.61. The van der Waals surface area contributed by atoms with Crippen LogP contribution in [0.15, 0.2) is 24.3 Å². The van der Waals surface area contributed by atoms with Crippen molar-refractivity contribution >= 4 is 29.1 Å². The first-order valence-corrected chi connectivity index (χ1v) is 6.76. The van der Waals surface area contributed by atoms with Crippen LogP contribution in [-0.2, 0) is 4.79 Å². The first kappa shape index (κ1) is 13.9. The number of benzene rings is 1. The Kier molecular flexibility index (Phi) is 4.43. The van der Waals surface area contributed by atoms with Crippen molar-refractivity contribution in [3.05, 3.63) is 29.3 Å². The quantitative estimate of drug-likeness (QED) is 0.903. The van der Waals surface area contributed by atoms with Gasteiger partial charge in [-0.1, -0.05) is 23.7 Å². The molecule has 4 nitrogen and oxygen atoms in total. The highest BCUT2D eigenvalue weighted by atomic mass is 35.5. The zero-order chi connectivity index (χ0) is 13.8. The van der Waals surface area contributed by atoms with E-state index in [0.29, 0.717) is 23.6 Å². The molecule has 0 atom stereocenters. The molecule has 2 amide bonds. The molecule has 0 spiro atoms. The van der Waals surface area contributed by atoms with Crippen molar-refractivity contribution in [1.82, 2.24) is 4.90 Å². The summed E-state index contributed by atoms with van der Waals surface area (Å²) in [6.45, 7) is 0. The summed E-state index contributed by atoms with van der Waals surface area (Å²) in [7, 11) is 1.76. The number of rotatable bonds is 2. The van der Waals surface area contributed by atoms with E-state index in [9.17, 15) is 9.59 Å². The van der Waals surface area contributed by atoms with Gasteiger partial charge in [-0.25, -0.2) is 4.79 Å². The van der Waals surface area contributed by atoms with Crippen molar-refractivity contribution in [3.63, 3.8) is 0 Å². The van der Waals surface area contributed by atoms with Gasteiger partial charge >= 0.3 is 6.03 Å². The van der Waals surface area contributed by atoms with Crippen molar-refractivity contribution < 1.29 is 9.59 Å². The molecule has 0 saturated heterocycles. The average Bonchev–Trinajstić information content (AvgIpc) is 2.41. The monoisotopic (exact) mass is 280 g/mol. The first-order valence-electron chi connectivity index (χ1n) is 6.38. The van der Waals surface area contributed by atoms with E-state index in [4.69, 9.17) is 11.6 Å². The average molecular weight is 281 g/mol. The second-order valence-electron chi connectivity index (χ2n) is 4.79. The highest BCUT2D eigenvalue weighted by molar-refractivity contribution is 6.33. The van der Waals surface area contributed by atoms with Gasteiger partial charge in [0.05, 0.1) is 10.7 Å². The number of hydrogen-bond acceptors (Lipinski definition) is 2. The van der Waals surface area contributed by atoms with Gasteiger partial charge in [-0.2, -0.15) is 0 Å².